The van der Waals surface area contributed by atoms with Crippen LogP contribution in [-0.4, -0.2) is 63.5 Å². The maximum Gasteiger partial charge on any atom is 0.0707 e. The van der Waals surface area contributed by atoms with Crippen LogP contribution in [-0.2, 0) is 9.47 Å². The van der Waals surface area contributed by atoms with Crippen LogP contribution >= 0.6 is 0 Å². The normalized spacial score (nSPS) is 29.8. The molecule has 0 aromatic rings. The summed E-state index contributed by atoms with van der Waals surface area (Å²) in [6.07, 6.45) is 4.82. The molecule has 16 heavy (non-hydrogen) atoms. The summed E-state index contributed by atoms with van der Waals surface area (Å²) in [5.74, 6) is 0. The van der Waals surface area contributed by atoms with E-state index in [1.807, 2.05) is 0 Å². The average molecular weight is 228 g/mol. The van der Waals surface area contributed by atoms with E-state index < -0.39 is 0 Å². The largest absolute Gasteiger partial charge is 0.383 e. The molecule has 0 amide bonds. The average Bonchev–Trinajstić information content (AvgIpc) is 2.63. The van der Waals surface area contributed by atoms with Gasteiger partial charge in [0.15, 0.2) is 0 Å². The van der Waals surface area contributed by atoms with E-state index in [-0.39, 0.29) is 0 Å². The number of hydrogen-bond donors (Lipinski definition) is 1. The highest BCUT2D eigenvalue weighted by Gasteiger charge is 2.32. The molecule has 2 aliphatic rings. The fourth-order valence-electron chi connectivity index (χ4n) is 2.61. The van der Waals surface area contributed by atoms with Crippen molar-refractivity contribution in [3.8, 4) is 0 Å². The Morgan fingerprint density at radius 3 is 2.69 bits per heavy atom. The number of morpholine rings is 1. The first kappa shape index (κ1) is 12.3. The van der Waals surface area contributed by atoms with Crippen LogP contribution in [0.4, 0.5) is 0 Å². The molecular formula is C12H24N2O2. The fourth-order valence-corrected chi connectivity index (χ4v) is 2.61. The third-order valence-corrected chi connectivity index (χ3v) is 3.43. The van der Waals surface area contributed by atoms with Crippen LogP contribution in [0.25, 0.3) is 0 Å². The Labute approximate surface area is 98.3 Å². The van der Waals surface area contributed by atoms with Gasteiger partial charge in [0.1, 0.15) is 0 Å². The van der Waals surface area contributed by atoms with Crippen LogP contribution in [0.2, 0.25) is 0 Å². The van der Waals surface area contributed by atoms with E-state index in [1.54, 1.807) is 7.11 Å². The van der Waals surface area contributed by atoms with E-state index in [2.05, 4.69) is 10.2 Å². The van der Waals surface area contributed by atoms with Crippen molar-refractivity contribution in [3.63, 3.8) is 0 Å². The summed E-state index contributed by atoms with van der Waals surface area (Å²) < 4.78 is 10.8. The van der Waals surface area contributed by atoms with E-state index in [9.17, 15) is 0 Å². The lowest BCUT2D eigenvalue weighted by molar-refractivity contribution is -0.0383. The molecule has 2 fully saturated rings. The molecule has 2 heterocycles. The molecule has 0 aromatic carbocycles. The summed E-state index contributed by atoms with van der Waals surface area (Å²) in [4.78, 5) is 2.56. The molecule has 2 rings (SSSR count). The fraction of sp³-hybridized carbons (Fsp3) is 1.00. The van der Waals surface area contributed by atoms with Crippen LogP contribution in [0.5, 0.6) is 0 Å². The lowest BCUT2D eigenvalue weighted by atomic mass is 10.2. The molecule has 0 spiro atoms. The Kier molecular flexibility index (Phi) is 5.03. The molecule has 4 nitrogen and oxygen atoms in total. The molecule has 2 atom stereocenters. The van der Waals surface area contributed by atoms with E-state index >= 15 is 0 Å². The molecule has 0 radical (unpaired) electrons. The zero-order chi connectivity index (χ0) is 11.2. The zero-order valence-electron chi connectivity index (χ0n) is 10.3. The number of nitrogens with zero attached hydrogens (tertiary/aromatic N) is 1. The van der Waals surface area contributed by atoms with Crippen molar-refractivity contribution in [2.75, 3.05) is 46.4 Å². The standard InChI is InChI=1S/C12H24N2O2/c1-15-8-6-13-5-2-7-14-9-11-3-4-12(10-14)16-11/h11-13H,2-10H2,1H3. The molecule has 1 N–H and O–H groups in total. The van der Waals surface area contributed by atoms with Crippen LogP contribution in [0.3, 0.4) is 0 Å². The first-order valence-electron chi connectivity index (χ1n) is 6.46. The highest BCUT2D eigenvalue weighted by Crippen LogP contribution is 2.25. The lowest BCUT2D eigenvalue weighted by Crippen LogP contribution is -2.43. The van der Waals surface area contributed by atoms with E-state index in [4.69, 9.17) is 9.47 Å². The number of likely N-dealkylation sites (tertiary alicyclic amines) is 1. The second-order valence-corrected chi connectivity index (χ2v) is 4.81. The molecule has 0 aromatic heterocycles. The first-order valence-corrected chi connectivity index (χ1v) is 6.46. The smallest absolute Gasteiger partial charge is 0.0707 e. The number of rotatable bonds is 7. The highest BCUT2D eigenvalue weighted by molar-refractivity contribution is 4.84. The van der Waals surface area contributed by atoms with Crippen molar-refractivity contribution < 1.29 is 9.47 Å². The predicted molar refractivity (Wildman–Crippen MR) is 63.7 cm³/mol. The van der Waals surface area contributed by atoms with Crippen LogP contribution < -0.4 is 5.32 Å². The highest BCUT2D eigenvalue weighted by atomic mass is 16.5. The molecule has 2 saturated heterocycles. The Hall–Kier alpha value is -0.160. The molecule has 94 valence electrons. The molecule has 2 bridgehead atoms. The monoisotopic (exact) mass is 228 g/mol. The maximum atomic E-state index is 5.81. The zero-order valence-corrected chi connectivity index (χ0v) is 10.3. The minimum Gasteiger partial charge on any atom is -0.383 e. The molecule has 0 saturated carbocycles. The molecule has 4 heteroatoms. The number of methoxy groups -OCH3 is 1. The van der Waals surface area contributed by atoms with E-state index in [0.29, 0.717) is 12.2 Å². The predicted octanol–water partition coefficient (Wildman–Crippen LogP) is 0.476. The third kappa shape index (κ3) is 3.70. The second-order valence-electron chi connectivity index (χ2n) is 4.81. The van der Waals surface area contributed by atoms with Gasteiger partial charge in [0, 0.05) is 26.7 Å². The van der Waals surface area contributed by atoms with Gasteiger partial charge in [-0.2, -0.15) is 0 Å². The van der Waals surface area contributed by atoms with Gasteiger partial charge in [0.25, 0.3) is 0 Å². The number of fused-ring (bicyclic) bond motifs is 2. The molecular weight excluding hydrogens is 204 g/mol. The summed E-state index contributed by atoms with van der Waals surface area (Å²) in [7, 11) is 1.74. The van der Waals surface area contributed by atoms with Gasteiger partial charge in [-0.3, -0.25) is 4.90 Å². The summed E-state index contributed by atoms with van der Waals surface area (Å²) in [5, 5.41) is 3.38. The van der Waals surface area contributed by atoms with Crippen molar-refractivity contribution in [2.45, 2.75) is 31.5 Å². The summed E-state index contributed by atoms with van der Waals surface area (Å²) >= 11 is 0. The van der Waals surface area contributed by atoms with Gasteiger partial charge in [-0.1, -0.05) is 0 Å². The van der Waals surface area contributed by atoms with Crippen LogP contribution in [0.1, 0.15) is 19.3 Å². The number of ether oxygens (including phenoxy) is 2. The Balaban J connectivity index is 1.50. The summed E-state index contributed by atoms with van der Waals surface area (Å²) in [5.41, 5.74) is 0. The minimum absolute atomic E-state index is 0.528. The Morgan fingerprint density at radius 1 is 1.25 bits per heavy atom. The lowest BCUT2D eigenvalue weighted by Gasteiger charge is -2.32. The number of nitrogens with one attached hydrogen (secondary N) is 1. The van der Waals surface area contributed by atoms with Crippen LogP contribution in [0, 0.1) is 0 Å². The second kappa shape index (κ2) is 6.55. The first-order chi connectivity index (χ1) is 7.88. The van der Waals surface area contributed by atoms with Crippen molar-refractivity contribution in [3.05, 3.63) is 0 Å². The van der Waals surface area contributed by atoms with Gasteiger partial charge in [-0.15, -0.1) is 0 Å². The van der Waals surface area contributed by atoms with Gasteiger partial charge >= 0.3 is 0 Å². The van der Waals surface area contributed by atoms with Gasteiger partial charge < -0.3 is 14.8 Å². The van der Waals surface area contributed by atoms with Crippen LogP contribution in [0.15, 0.2) is 0 Å². The van der Waals surface area contributed by atoms with Gasteiger partial charge in [0.05, 0.1) is 18.8 Å². The Bertz CT molecular complexity index is 189. The SMILES string of the molecule is COCCNCCCN1CC2CCC(C1)O2. The molecule has 2 unspecified atom stereocenters. The molecule has 0 aliphatic carbocycles. The molecule has 2 aliphatic heterocycles. The number of hydrogen-bond acceptors (Lipinski definition) is 4. The summed E-state index contributed by atoms with van der Waals surface area (Å²) in [6, 6.07) is 0. The topological polar surface area (TPSA) is 33.7 Å². The summed E-state index contributed by atoms with van der Waals surface area (Å²) in [6.45, 7) is 6.36. The van der Waals surface area contributed by atoms with E-state index in [0.717, 1.165) is 32.8 Å². The minimum atomic E-state index is 0.528. The third-order valence-electron chi connectivity index (χ3n) is 3.43. The Morgan fingerprint density at radius 2 is 2.00 bits per heavy atom. The maximum absolute atomic E-state index is 5.81. The van der Waals surface area contributed by atoms with Crippen molar-refractivity contribution in [1.29, 1.82) is 0 Å². The van der Waals surface area contributed by atoms with Gasteiger partial charge in [-0.05, 0) is 32.4 Å². The van der Waals surface area contributed by atoms with Gasteiger partial charge in [0.2, 0.25) is 0 Å². The van der Waals surface area contributed by atoms with Crippen molar-refractivity contribution in [2.24, 2.45) is 0 Å². The van der Waals surface area contributed by atoms with E-state index in [1.165, 1.54) is 25.8 Å². The van der Waals surface area contributed by atoms with Crippen molar-refractivity contribution >= 4 is 0 Å². The quantitative estimate of drug-likeness (QED) is 0.643. The van der Waals surface area contributed by atoms with Gasteiger partial charge in [-0.25, -0.2) is 0 Å². The van der Waals surface area contributed by atoms with Crippen molar-refractivity contribution in [1.82, 2.24) is 10.2 Å².